The number of aromatic nitrogens is 1. The van der Waals surface area contributed by atoms with Gasteiger partial charge in [0.05, 0.1) is 12.8 Å². The highest BCUT2D eigenvalue weighted by Crippen LogP contribution is 2.32. The Hall–Kier alpha value is -1.62. The Kier molecular flexibility index (Phi) is 3.10. The third-order valence-corrected chi connectivity index (χ3v) is 5.18. The van der Waals surface area contributed by atoms with Gasteiger partial charge in [0.25, 0.3) is 5.91 Å². The Labute approximate surface area is 124 Å². The second-order valence-corrected chi connectivity index (χ2v) is 6.48. The Morgan fingerprint density at radius 2 is 2.43 bits per heavy atom. The SMILES string of the molecule is CC1CC2CCN1CC2NC(=O)c1cc2c(cn1)OCC2. The fourth-order valence-corrected chi connectivity index (χ4v) is 3.91. The van der Waals surface area contributed by atoms with E-state index >= 15 is 0 Å². The van der Waals surface area contributed by atoms with Crippen LogP contribution in [0.15, 0.2) is 12.3 Å². The summed E-state index contributed by atoms with van der Waals surface area (Å²) in [4.78, 5) is 19.2. The first kappa shape index (κ1) is 13.1. The van der Waals surface area contributed by atoms with E-state index < -0.39 is 0 Å². The quantitative estimate of drug-likeness (QED) is 0.889. The number of pyridine rings is 1. The molecule has 3 fully saturated rings. The standard InChI is InChI=1S/C16H21N3O2/c1-10-6-11-2-4-19(10)9-14(11)18-16(20)13-7-12-3-5-21-15(12)8-17-13/h7-8,10-11,14H,2-6,9H2,1H3,(H,18,20). The Morgan fingerprint density at radius 3 is 3.19 bits per heavy atom. The van der Waals surface area contributed by atoms with Gasteiger partial charge < -0.3 is 10.1 Å². The first-order valence-electron chi connectivity index (χ1n) is 7.87. The first-order chi connectivity index (χ1) is 10.2. The van der Waals surface area contributed by atoms with E-state index in [4.69, 9.17) is 4.74 Å². The van der Waals surface area contributed by atoms with Gasteiger partial charge in [0.1, 0.15) is 11.4 Å². The minimum Gasteiger partial charge on any atom is -0.491 e. The van der Waals surface area contributed by atoms with E-state index in [9.17, 15) is 4.79 Å². The summed E-state index contributed by atoms with van der Waals surface area (Å²) < 4.78 is 5.43. The number of piperidine rings is 3. The van der Waals surface area contributed by atoms with Gasteiger partial charge in [-0.1, -0.05) is 0 Å². The van der Waals surface area contributed by atoms with Crippen LogP contribution in [0, 0.1) is 5.92 Å². The molecule has 5 heteroatoms. The smallest absolute Gasteiger partial charge is 0.270 e. The summed E-state index contributed by atoms with van der Waals surface area (Å²) in [5.41, 5.74) is 1.61. The van der Waals surface area contributed by atoms with E-state index in [0.717, 1.165) is 24.3 Å². The van der Waals surface area contributed by atoms with Crippen molar-refractivity contribution in [1.82, 2.24) is 15.2 Å². The van der Waals surface area contributed by atoms with Crippen LogP contribution in [0.2, 0.25) is 0 Å². The summed E-state index contributed by atoms with van der Waals surface area (Å²) in [6.45, 7) is 5.13. The number of nitrogens with one attached hydrogen (secondary N) is 1. The molecule has 4 aliphatic rings. The van der Waals surface area contributed by atoms with Gasteiger partial charge in [0, 0.05) is 30.6 Å². The summed E-state index contributed by atoms with van der Waals surface area (Å²) in [7, 11) is 0. The van der Waals surface area contributed by atoms with Crippen LogP contribution in [-0.4, -0.2) is 47.6 Å². The number of ether oxygens (including phenoxy) is 1. The summed E-state index contributed by atoms with van der Waals surface area (Å²) >= 11 is 0. The van der Waals surface area contributed by atoms with Gasteiger partial charge >= 0.3 is 0 Å². The zero-order chi connectivity index (χ0) is 14.4. The number of hydrogen-bond acceptors (Lipinski definition) is 4. The van der Waals surface area contributed by atoms with Crippen LogP contribution in [0.4, 0.5) is 0 Å². The summed E-state index contributed by atoms with van der Waals surface area (Å²) in [6.07, 6.45) is 4.93. The molecule has 4 atom stereocenters. The van der Waals surface area contributed by atoms with Crippen molar-refractivity contribution < 1.29 is 9.53 Å². The highest BCUT2D eigenvalue weighted by Gasteiger charge is 2.38. The predicted octanol–water partition coefficient (Wildman–Crippen LogP) is 1.23. The van der Waals surface area contributed by atoms with Crippen LogP contribution in [0.5, 0.6) is 5.75 Å². The molecule has 0 aromatic carbocycles. The molecule has 21 heavy (non-hydrogen) atoms. The summed E-state index contributed by atoms with van der Waals surface area (Å²) in [6, 6.07) is 2.81. The second-order valence-electron chi connectivity index (χ2n) is 6.48. The Bertz CT molecular complexity index is 575. The maximum absolute atomic E-state index is 12.4. The van der Waals surface area contributed by atoms with Gasteiger partial charge in [-0.15, -0.1) is 0 Å². The summed E-state index contributed by atoms with van der Waals surface area (Å²) in [5, 5.41) is 3.19. The number of carbonyl (C=O) groups excluding carboxylic acids is 1. The molecule has 0 spiro atoms. The minimum absolute atomic E-state index is 0.0453. The van der Waals surface area contributed by atoms with Crippen molar-refractivity contribution in [3.63, 3.8) is 0 Å². The number of rotatable bonds is 2. The Morgan fingerprint density at radius 1 is 1.52 bits per heavy atom. The van der Waals surface area contributed by atoms with Crippen molar-refractivity contribution in [2.45, 2.75) is 38.3 Å². The fourth-order valence-electron chi connectivity index (χ4n) is 3.91. The molecule has 1 N–H and O–H groups in total. The molecule has 3 saturated heterocycles. The predicted molar refractivity (Wildman–Crippen MR) is 78.4 cm³/mol. The van der Waals surface area contributed by atoms with Crippen LogP contribution in [0.1, 0.15) is 35.8 Å². The topological polar surface area (TPSA) is 54.5 Å². The molecule has 1 aromatic heterocycles. The molecule has 2 bridgehead atoms. The van der Waals surface area contributed by atoms with Crippen molar-refractivity contribution in [2.24, 2.45) is 5.92 Å². The fraction of sp³-hybridized carbons (Fsp3) is 0.625. The largest absolute Gasteiger partial charge is 0.491 e. The van der Waals surface area contributed by atoms with Gasteiger partial charge in [0.2, 0.25) is 0 Å². The number of nitrogens with zero attached hydrogens (tertiary/aromatic N) is 2. The third kappa shape index (κ3) is 2.29. The molecule has 4 unspecified atom stereocenters. The maximum atomic E-state index is 12.4. The van der Waals surface area contributed by atoms with E-state index in [1.165, 1.54) is 19.4 Å². The van der Waals surface area contributed by atoms with Gasteiger partial charge in [-0.05, 0) is 38.3 Å². The molecule has 1 aromatic rings. The molecular weight excluding hydrogens is 266 g/mol. The molecule has 5 nitrogen and oxygen atoms in total. The van der Waals surface area contributed by atoms with E-state index in [-0.39, 0.29) is 11.9 Å². The molecule has 5 rings (SSSR count). The van der Waals surface area contributed by atoms with Gasteiger partial charge in [-0.25, -0.2) is 4.98 Å². The van der Waals surface area contributed by atoms with Crippen molar-refractivity contribution in [2.75, 3.05) is 19.7 Å². The normalized spacial score (nSPS) is 33.4. The number of amides is 1. The van der Waals surface area contributed by atoms with Crippen molar-refractivity contribution in [1.29, 1.82) is 0 Å². The van der Waals surface area contributed by atoms with Crippen molar-refractivity contribution >= 4 is 5.91 Å². The van der Waals surface area contributed by atoms with Crippen molar-refractivity contribution in [3.8, 4) is 5.75 Å². The van der Waals surface area contributed by atoms with Crippen LogP contribution in [0.25, 0.3) is 0 Å². The van der Waals surface area contributed by atoms with E-state index in [1.807, 2.05) is 6.07 Å². The molecular formula is C16H21N3O2. The number of fused-ring (bicyclic) bond motifs is 4. The van der Waals surface area contributed by atoms with Crippen LogP contribution in [-0.2, 0) is 6.42 Å². The van der Waals surface area contributed by atoms with Crippen LogP contribution < -0.4 is 10.1 Å². The zero-order valence-corrected chi connectivity index (χ0v) is 12.3. The van der Waals surface area contributed by atoms with Gasteiger partial charge in [0.15, 0.2) is 0 Å². The molecule has 0 saturated carbocycles. The molecule has 5 heterocycles. The minimum atomic E-state index is -0.0453. The van der Waals surface area contributed by atoms with Crippen molar-refractivity contribution in [3.05, 3.63) is 23.5 Å². The number of carbonyl (C=O) groups is 1. The van der Waals surface area contributed by atoms with E-state index in [0.29, 0.717) is 24.3 Å². The molecule has 0 aliphatic carbocycles. The molecule has 112 valence electrons. The zero-order valence-electron chi connectivity index (χ0n) is 12.3. The molecule has 4 aliphatic heterocycles. The lowest BCUT2D eigenvalue weighted by atomic mass is 9.80. The Balaban J connectivity index is 1.46. The summed E-state index contributed by atoms with van der Waals surface area (Å²) in [5.74, 6) is 1.39. The second kappa shape index (κ2) is 4.98. The molecule has 1 amide bonds. The van der Waals surface area contributed by atoms with Gasteiger partial charge in [-0.2, -0.15) is 0 Å². The lowest BCUT2D eigenvalue weighted by molar-refractivity contribution is 0.0273. The lowest BCUT2D eigenvalue weighted by Gasteiger charge is -2.48. The van der Waals surface area contributed by atoms with Gasteiger partial charge in [-0.3, -0.25) is 9.69 Å². The first-order valence-corrected chi connectivity index (χ1v) is 7.87. The third-order valence-electron chi connectivity index (χ3n) is 5.18. The average Bonchev–Trinajstić information content (AvgIpc) is 2.96. The highest BCUT2D eigenvalue weighted by atomic mass is 16.5. The highest BCUT2D eigenvalue weighted by molar-refractivity contribution is 5.92. The van der Waals surface area contributed by atoms with Crippen LogP contribution >= 0.6 is 0 Å². The van der Waals surface area contributed by atoms with E-state index in [1.54, 1.807) is 6.20 Å². The monoisotopic (exact) mass is 287 g/mol. The number of hydrogen-bond donors (Lipinski definition) is 1. The maximum Gasteiger partial charge on any atom is 0.270 e. The van der Waals surface area contributed by atoms with E-state index in [2.05, 4.69) is 22.1 Å². The van der Waals surface area contributed by atoms with Crippen LogP contribution in [0.3, 0.4) is 0 Å². The average molecular weight is 287 g/mol. The molecule has 0 radical (unpaired) electrons. The lowest BCUT2D eigenvalue weighted by Crippen LogP contribution is -2.60.